The van der Waals surface area contributed by atoms with Crippen LogP contribution in [0.2, 0.25) is 0 Å². The summed E-state index contributed by atoms with van der Waals surface area (Å²) < 4.78 is 6.00. The average molecular weight is 352 g/mol. The van der Waals surface area contributed by atoms with Crippen molar-refractivity contribution < 1.29 is 4.74 Å². The number of hydrogen-bond donors (Lipinski definition) is 1. The van der Waals surface area contributed by atoms with Gasteiger partial charge >= 0.3 is 0 Å². The topological polar surface area (TPSA) is 89.5 Å². The molecule has 2 aliphatic rings. The number of hydrogen-bond acceptors (Lipinski definition) is 7. The zero-order valence-corrected chi connectivity index (χ0v) is 15.5. The zero-order chi connectivity index (χ0) is 18.3. The molecular formula is C19H24N6O. The summed E-state index contributed by atoms with van der Waals surface area (Å²) in [7, 11) is 0. The van der Waals surface area contributed by atoms with Crippen molar-refractivity contribution in [2.45, 2.75) is 45.7 Å². The first-order chi connectivity index (χ1) is 12.4. The predicted octanol–water partition coefficient (Wildman–Crippen LogP) is 2.15. The minimum atomic E-state index is -0.0781. The molecule has 2 aliphatic heterocycles. The summed E-state index contributed by atoms with van der Waals surface area (Å²) >= 11 is 0. The third-order valence-corrected chi connectivity index (χ3v) is 5.25. The fraction of sp³-hybridized carbons (Fsp3) is 0.474. The number of piperidine rings is 1. The molecule has 0 spiro atoms. The van der Waals surface area contributed by atoms with E-state index in [2.05, 4.69) is 26.8 Å². The number of ether oxygens (including phenoxy) is 1. The highest BCUT2D eigenvalue weighted by atomic mass is 16.5. The molecule has 2 N–H and O–H groups in total. The number of aryl methyl sites for hydroxylation is 1. The van der Waals surface area contributed by atoms with Crippen molar-refractivity contribution in [3.05, 3.63) is 41.1 Å². The molecule has 7 heteroatoms. The molecule has 0 unspecified atom stereocenters. The molecule has 0 aromatic carbocycles. The standard InChI is InChI=1S/C19H24N6O/c1-12-13(2)21-7-4-15(12)26-18-17-14(10-23-18)24-16(11-22-17)25-8-5-19(3,20)6-9-25/h4,7,11H,5-6,8-10,20H2,1-3H3. The lowest BCUT2D eigenvalue weighted by atomic mass is 9.91. The first-order valence-electron chi connectivity index (χ1n) is 8.97. The van der Waals surface area contributed by atoms with Crippen molar-refractivity contribution in [3.63, 3.8) is 0 Å². The Balaban J connectivity index is 1.52. The van der Waals surface area contributed by atoms with Crippen LogP contribution in [0.5, 0.6) is 5.75 Å². The van der Waals surface area contributed by atoms with Gasteiger partial charge in [0.05, 0.1) is 18.4 Å². The highest BCUT2D eigenvalue weighted by Crippen LogP contribution is 2.26. The lowest BCUT2D eigenvalue weighted by Gasteiger charge is -2.37. The van der Waals surface area contributed by atoms with Crippen LogP contribution in [0.4, 0.5) is 5.82 Å². The lowest BCUT2D eigenvalue weighted by Crippen LogP contribution is -2.48. The predicted molar refractivity (Wildman–Crippen MR) is 101 cm³/mol. The molecule has 0 bridgehead atoms. The number of nitrogens with two attached hydrogens (primary N) is 1. The van der Waals surface area contributed by atoms with Gasteiger partial charge < -0.3 is 15.4 Å². The van der Waals surface area contributed by atoms with Gasteiger partial charge in [-0.1, -0.05) is 0 Å². The van der Waals surface area contributed by atoms with E-state index in [-0.39, 0.29) is 5.54 Å². The zero-order valence-electron chi connectivity index (χ0n) is 15.5. The summed E-state index contributed by atoms with van der Waals surface area (Å²) in [4.78, 5) is 20.4. The highest BCUT2D eigenvalue weighted by Gasteiger charge is 2.28. The van der Waals surface area contributed by atoms with Gasteiger partial charge in [0.15, 0.2) is 0 Å². The maximum absolute atomic E-state index is 6.22. The molecule has 0 amide bonds. The third kappa shape index (κ3) is 3.14. The molecule has 4 heterocycles. The van der Waals surface area contributed by atoms with E-state index in [9.17, 15) is 0 Å². The molecule has 1 saturated heterocycles. The number of rotatable bonds is 2. The Kier molecular flexibility index (Phi) is 4.11. The monoisotopic (exact) mass is 352 g/mol. The highest BCUT2D eigenvalue weighted by molar-refractivity contribution is 5.97. The van der Waals surface area contributed by atoms with Crippen molar-refractivity contribution in [2.24, 2.45) is 10.7 Å². The lowest BCUT2D eigenvalue weighted by molar-refractivity contribution is 0.363. The van der Waals surface area contributed by atoms with Crippen molar-refractivity contribution >= 4 is 11.7 Å². The second-order valence-corrected chi connectivity index (χ2v) is 7.41. The quantitative estimate of drug-likeness (QED) is 0.891. The maximum atomic E-state index is 6.22. The van der Waals surface area contributed by atoms with Gasteiger partial charge in [0.1, 0.15) is 17.3 Å². The molecular weight excluding hydrogens is 328 g/mol. The van der Waals surface area contributed by atoms with Gasteiger partial charge in [-0.05, 0) is 39.7 Å². The average Bonchev–Trinajstić information content (AvgIpc) is 3.01. The number of aromatic nitrogens is 3. The van der Waals surface area contributed by atoms with Crippen molar-refractivity contribution in [1.29, 1.82) is 0 Å². The van der Waals surface area contributed by atoms with Gasteiger partial charge in [-0.2, -0.15) is 0 Å². The minimum Gasteiger partial charge on any atom is -0.437 e. The molecule has 0 aliphatic carbocycles. The Morgan fingerprint density at radius 3 is 2.73 bits per heavy atom. The van der Waals surface area contributed by atoms with Crippen LogP contribution in [0.3, 0.4) is 0 Å². The Bertz CT molecular complexity index is 866. The molecule has 7 nitrogen and oxygen atoms in total. The van der Waals surface area contributed by atoms with Gasteiger partial charge in [0, 0.05) is 36.1 Å². The molecule has 26 heavy (non-hydrogen) atoms. The normalized spacial score (nSPS) is 18.5. The number of pyridine rings is 1. The summed E-state index contributed by atoms with van der Waals surface area (Å²) in [5, 5.41) is 0. The van der Waals surface area contributed by atoms with Crippen LogP contribution >= 0.6 is 0 Å². The molecule has 1 fully saturated rings. The van der Waals surface area contributed by atoms with Crippen molar-refractivity contribution in [3.8, 4) is 5.75 Å². The van der Waals surface area contributed by atoms with E-state index in [4.69, 9.17) is 15.5 Å². The van der Waals surface area contributed by atoms with Crippen LogP contribution in [-0.4, -0.2) is 39.5 Å². The molecule has 2 aromatic heterocycles. The Morgan fingerprint density at radius 1 is 1.19 bits per heavy atom. The molecule has 4 rings (SSSR count). The van der Waals surface area contributed by atoms with Crippen LogP contribution in [0.1, 0.15) is 42.4 Å². The van der Waals surface area contributed by atoms with Crippen LogP contribution in [0.25, 0.3) is 0 Å². The summed E-state index contributed by atoms with van der Waals surface area (Å²) in [6.45, 7) is 8.37. The number of fused-ring (bicyclic) bond motifs is 1. The van der Waals surface area contributed by atoms with Crippen LogP contribution in [0.15, 0.2) is 23.5 Å². The maximum Gasteiger partial charge on any atom is 0.243 e. The van der Waals surface area contributed by atoms with Crippen LogP contribution in [-0.2, 0) is 6.54 Å². The van der Waals surface area contributed by atoms with E-state index >= 15 is 0 Å². The van der Waals surface area contributed by atoms with E-state index in [1.807, 2.05) is 26.1 Å². The first kappa shape index (κ1) is 16.9. The first-order valence-corrected chi connectivity index (χ1v) is 8.97. The van der Waals surface area contributed by atoms with Gasteiger partial charge in [0.25, 0.3) is 0 Å². The second kappa shape index (κ2) is 6.32. The van der Waals surface area contributed by atoms with Crippen molar-refractivity contribution in [2.75, 3.05) is 18.0 Å². The van der Waals surface area contributed by atoms with E-state index in [1.54, 1.807) is 6.20 Å². The van der Waals surface area contributed by atoms with Crippen molar-refractivity contribution in [1.82, 2.24) is 15.0 Å². The van der Waals surface area contributed by atoms with Crippen LogP contribution in [0, 0.1) is 13.8 Å². The van der Waals surface area contributed by atoms with Gasteiger partial charge in [-0.15, -0.1) is 0 Å². The summed E-state index contributed by atoms with van der Waals surface area (Å²) in [6, 6.07) is 1.85. The van der Waals surface area contributed by atoms with Gasteiger partial charge in [-0.25, -0.2) is 15.0 Å². The SMILES string of the molecule is Cc1nccc(OC2=NCc3nc(N4CCC(C)(N)CC4)cnc32)c1C. The largest absolute Gasteiger partial charge is 0.437 e. The Morgan fingerprint density at radius 2 is 1.96 bits per heavy atom. The van der Waals surface area contributed by atoms with E-state index in [1.165, 1.54) is 0 Å². The number of nitrogens with zero attached hydrogens (tertiary/aromatic N) is 5. The van der Waals surface area contributed by atoms with E-state index in [0.717, 1.165) is 60.1 Å². The second-order valence-electron chi connectivity index (χ2n) is 7.41. The van der Waals surface area contributed by atoms with Gasteiger partial charge in [0.2, 0.25) is 5.90 Å². The number of aliphatic imine (C=N–C) groups is 1. The number of anilines is 1. The molecule has 136 valence electrons. The summed E-state index contributed by atoms with van der Waals surface area (Å²) in [6.07, 6.45) is 5.46. The van der Waals surface area contributed by atoms with E-state index in [0.29, 0.717) is 12.4 Å². The fourth-order valence-electron chi connectivity index (χ4n) is 3.24. The van der Waals surface area contributed by atoms with Crippen LogP contribution < -0.4 is 15.4 Å². The Hall–Kier alpha value is -2.54. The molecule has 0 saturated carbocycles. The summed E-state index contributed by atoms with van der Waals surface area (Å²) in [5.74, 6) is 2.18. The van der Waals surface area contributed by atoms with E-state index < -0.39 is 0 Å². The van der Waals surface area contributed by atoms with Gasteiger partial charge in [-0.3, -0.25) is 4.98 Å². The fourth-order valence-corrected chi connectivity index (χ4v) is 3.24. The summed E-state index contributed by atoms with van der Waals surface area (Å²) in [5.41, 5.74) is 9.68. The molecule has 2 aromatic rings. The third-order valence-electron chi connectivity index (χ3n) is 5.25. The Labute approximate surface area is 153 Å². The molecule has 0 atom stereocenters. The smallest absolute Gasteiger partial charge is 0.243 e. The molecule has 0 radical (unpaired) electrons. The minimum absolute atomic E-state index is 0.0781.